The van der Waals surface area contributed by atoms with Crippen LogP contribution in [0.15, 0.2) is 36.5 Å². The SMILES string of the molecule is CCCC/C=C/C/C=C/CCCCCCCC(=O)OC[C@H](CO[C@@H]1O[C@H](CO[C@@H]2O[C@H](CO)[C@H](O)C(O)C2O)[C@H](O)C(O)C1O)OC(=O)CCCCC/C=C/CCCCCCCC. The molecule has 2 rings (SSSR count). The Kier molecular flexibility index (Phi) is 32.4. The number of esters is 2. The molecule has 2 heterocycles. The van der Waals surface area contributed by atoms with Gasteiger partial charge in [-0.15, -0.1) is 0 Å². The van der Waals surface area contributed by atoms with Gasteiger partial charge in [-0.2, -0.15) is 0 Å². The number of hydrogen-bond acceptors (Lipinski definition) is 15. The van der Waals surface area contributed by atoms with Gasteiger partial charge in [-0.05, 0) is 64.2 Å². The Morgan fingerprint density at radius 3 is 1.56 bits per heavy atom. The molecule has 0 amide bonds. The van der Waals surface area contributed by atoms with Gasteiger partial charge in [-0.1, -0.05) is 121 Å². The number of aliphatic hydroxyl groups excluding tert-OH is 7. The Morgan fingerprint density at radius 2 is 0.968 bits per heavy atom. The average molecular weight is 901 g/mol. The molecular weight excluding hydrogens is 817 g/mol. The Bertz CT molecular complexity index is 1240. The van der Waals surface area contributed by atoms with Crippen LogP contribution in [0, 0.1) is 0 Å². The van der Waals surface area contributed by atoms with Gasteiger partial charge in [-0.25, -0.2) is 0 Å². The van der Waals surface area contributed by atoms with Gasteiger partial charge in [-0.3, -0.25) is 9.59 Å². The molecule has 2 fully saturated rings. The second-order valence-electron chi connectivity index (χ2n) is 16.9. The third-order valence-electron chi connectivity index (χ3n) is 11.3. The molecule has 0 aromatic carbocycles. The monoisotopic (exact) mass is 901 g/mol. The fourth-order valence-corrected chi connectivity index (χ4v) is 7.29. The van der Waals surface area contributed by atoms with E-state index in [0.29, 0.717) is 12.8 Å². The molecule has 0 saturated carbocycles. The van der Waals surface area contributed by atoms with E-state index < -0.39 is 99.3 Å². The molecule has 7 N–H and O–H groups in total. The summed E-state index contributed by atoms with van der Waals surface area (Å²) >= 11 is 0. The smallest absolute Gasteiger partial charge is 0.306 e. The Hall–Kier alpha value is -2.28. The molecule has 0 radical (unpaired) electrons. The predicted octanol–water partition coefficient (Wildman–Crippen LogP) is 5.76. The lowest BCUT2D eigenvalue weighted by atomic mass is 9.98. The highest BCUT2D eigenvalue weighted by Crippen LogP contribution is 2.26. The molecule has 2 saturated heterocycles. The number of aliphatic hydroxyl groups is 7. The maximum Gasteiger partial charge on any atom is 0.306 e. The summed E-state index contributed by atoms with van der Waals surface area (Å²) in [6.45, 7) is 2.49. The standard InChI is InChI=1S/C48H84O15/c1-3-5-7-9-11-13-15-17-19-20-22-24-26-28-30-39(50)58-33-36(61-40(51)31-29-27-25-23-21-18-16-14-12-10-8-6-4-2)34-59-47-46(57)44(55)42(53)38(63-47)35-60-48-45(56)43(54)41(52)37(32-49)62-48/h9,11,15,17-18,21,36-38,41-49,52-57H,3-8,10,12-14,16,19-20,22-35H2,1-2H3/b11-9+,17-15+,21-18+/t36-,37-,38-,41+,42+,43?,44?,45?,46?,47-,48-/m1/s1. The van der Waals surface area contributed by atoms with Crippen molar-refractivity contribution in [3.8, 4) is 0 Å². The van der Waals surface area contributed by atoms with E-state index in [2.05, 4.69) is 50.3 Å². The first-order chi connectivity index (χ1) is 30.5. The van der Waals surface area contributed by atoms with Crippen molar-refractivity contribution in [2.45, 2.75) is 229 Å². The van der Waals surface area contributed by atoms with Gasteiger partial charge < -0.3 is 64.2 Å². The lowest BCUT2D eigenvalue weighted by molar-refractivity contribution is -0.332. The quantitative estimate of drug-likeness (QED) is 0.0225. The van der Waals surface area contributed by atoms with Crippen LogP contribution in [0.4, 0.5) is 0 Å². The maximum absolute atomic E-state index is 12.9. The first kappa shape index (κ1) is 56.8. The van der Waals surface area contributed by atoms with Crippen molar-refractivity contribution in [1.82, 2.24) is 0 Å². The van der Waals surface area contributed by atoms with Crippen LogP contribution in [0.3, 0.4) is 0 Å². The topological polar surface area (TPSA) is 231 Å². The summed E-state index contributed by atoms with van der Waals surface area (Å²) in [5.41, 5.74) is 0. The molecule has 4 unspecified atom stereocenters. The normalized spacial score (nSPS) is 27.1. The van der Waals surface area contributed by atoms with Crippen LogP contribution < -0.4 is 0 Å². The number of carbonyl (C=O) groups is 2. The van der Waals surface area contributed by atoms with Crippen LogP contribution in [0.1, 0.15) is 162 Å². The van der Waals surface area contributed by atoms with Crippen molar-refractivity contribution in [2.75, 3.05) is 26.4 Å². The first-order valence-electron chi connectivity index (χ1n) is 24.1. The molecule has 0 aromatic rings. The van der Waals surface area contributed by atoms with Crippen LogP contribution in [0.25, 0.3) is 0 Å². The van der Waals surface area contributed by atoms with Crippen molar-refractivity contribution in [3.05, 3.63) is 36.5 Å². The molecule has 63 heavy (non-hydrogen) atoms. The number of unbranched alkanes of at least 4 members (excludes halogenated alkanes) is 16. The van der Waals surface area contributed by atoms with Crippen LogP contribution in [-0.4, -0.2) is 142 Å². The molecule has 0 bridgehead atoms. The molecule has 0 aliphatic carbocycles. The molecule has 11 atom stereocenters. The summed E-state index contributed by atoms with van der Waals surface area (Å²) in [4.78, 5) is 25.6. The number of carbonyl (C=O) groups excluding carboxylic acids is 2. The lowest BCUT2D eigenvalue weighted by Crippen LogP contribution is -2.61. The second kappa shape index (κ2) is 35.9. The predicted molar refractivity (Wildman–Crippen MR) is 238 cm³/mol. The number of ether oxygens (including phenoxy) is 6. The summed E-state index contributed by atoms with van der Waals surface area (Å²) in [5, 5.41) is 71.9. The highest BCUT2D eigenvalue weighted by Gasteiger charge is 2.47. The van der Waals surface area contributed by atoms with Crippen molar-refractivity contribution < 1.29 is 73.8 Å². The van der Waals surface area contributed by atoms with Gasteiger partial charge in [0, 0.05) is 12.8 Å². The lowest BCUT2D eigenvalue weighted by Gasteiger charge is -2.42. The molecule has 0 spiro atoms. The van der Waals surface area contributed by atoms with E-state index in [1.54, 1.807) is 0 Å². The maximum atomic E-state index is 12.9. The van der Waals surface area contributed by atoms with Gasteiger partial charge >= 0.3 is 11.9 Å². The Morgan fingerprint density at radius 1 is 0.508 bits per heavy atom. The van der Waals surface area contributed by atoms with Crippen LogP contribution in [0.5, 0.6) is 0 Å². The zero-order chi connectivity index (χ0) is 46.1. The highest BCUT2D eigenvalue weighted by atomic mass is 16.7. The zero-order valence-electron chi connectivity index (χ0n) is 38.3. The van der Waals surface area contributed by atoms with Crippen molar-refractivity contribution in [1.29, 1.82) is 0 Å². The molecule has 15 heteroatoms. The summed E-state index contributed by atoms with van der Waals surface area (Å²) in [6.07, 6.45) is 18.9. The van der Waals surface area contributed by atoms with Crippen LogP contribution >= 0.6 is 0 Å². The zero-order valence-corrected chi connectivity index (χ0v) is 38.3. The number of hydrogen-bond donors (Lipinski definition) is 7. The third-order valence-corrected chi connectivity index (χ3v) is 11.3. The van der Waals surface area contributed by atoms with Gasteiger partial charge in [0.05, 0.1) is 19.8 Å². The summed E-state index contributed by atoms with van der Waals surface area (Å²) in [6, 6.07) is 0. The largest absolute Gasteiger partial charge is 0.462 e. The Labute approximate surface area is 376 Å². The number of rotatable bonds is 36. The van der Waals surface area contributed by atoms with Gasteiger partial charge in [0.2, 0.25) is 0 Å². The average Bonchev–Trinajstić information content (AvgIpc) is 3.28. The molecule has 0 aromatic heterocycles. The summed E-state index contributed by atoms with van der Waals surface area (Å²) < 4.78 is 33.5. The van der Waals surface area contributed by atoms with E-state index in [4.69, 9.17) is 28.4 Å². The van der Waals surface area contributed by atoms with E-state index in [1.165, 1.54) is 51.4 Å². The molecular formula is C48H84O15. The third kappa shape index (κ3) is 24.7. The van der Waals surface area contributed by atoms with E-state index in [1.807, 2.05) is 0 Å². The van der Waals surface area contributed by atoms with Crippen molar-refractivity contribution in [3.63, 3.8) is 0 Å². The first-order valence-corrected chi connectivity index (χ1v) is 24.1. The van der Waals surface area contributed by atoms with Gasteiger partial charge in [0.1, 0.15) is 55.4 Å². The van der Waals surface area contributed by atoms with Gasteiger partial charge in [0.25, 0.3) is 0 Å². The summed E-state index contributed by atoms with van der Waals surface area (Å²) in [5.74, 6) is -0.962. The van der Waals surface area contributed by atoms with E-state index in [-0.39, 0.29) is 19.4 Å². The minimum Gasteiger partial charge on any atom is -0.462 e. The van der Waals surface area contributed by atoms with Crippen molar-refractivity contribution >= 4 is 11.9 Å². The molecule has 366 valence electrons. The fraction of sp³-hybridized carbons (Fsp3) is 0.833. The highest BCUT2D eigenvalue weighted by molar-refractivity contribution is 5.70. The van der Waals surface area contributed by atoms with Crippen LogP contribution in [0.2, 0.25) is 0 Å². The summed E-state index contributed by atoms with van der Waals surface area (Å²) in [7, 11) is 0. The Balaban J connectivity index is 1.85. The van der Waals surface area contributed by atoms with Crippen LogP contribution in [-0.2, 0) is 38.0 Å². The van der Waals surface area contributed by atoms with Crippen molar-refractivity contribution in [2.24, 2.45) is 0 Å². The molecule has 2 aliphatic heterocycles. The van der Waals surface area contributed by atoms with E-state index in [9.17, 15) is 45.3 Å². The van der Waals surface area contributed by atoms with E-state index >= 15 is 0 Å². The second-order valence-corrected chi connectivity index (χ2v) is 16.9. The minimum atomic E-state index is -1.77. The van der Waals surface area contributed by atoms with E-state index in [0.717, 1.165) is 70.6 Å². The minimum absolute atomic E-state index is 0.142. The molecule has 2 aliphatic rings. The van der Waals surface area contributed by atoms with Gasteiger partial charge in [0.15, 0.2) is 18.7 Å². The fourth-order valence-electron chi connectivity index (χ4n) is 7.29. The number of allylic oxidation sites excluding steroid dienone is 6. The molecule has 15 nitrogen and oxygen atoms in total.